The fourth-order valence-electron chi connectivity index (χ4n) is 3.56. The highest BCUT2D eigenvalue weighted by molar-refractivity contribution is 5.48. The molecule has 1 aliphatic heterocycles. The number of aliphatic hydroxyl groups excluding tert-OH is 1. The molecule has 0 spiro atoms. The van der Waals surface area contributed by atoms with E-state index < -0.39 is 6.10 Å². The molecule has 2 aromatic carbocycles. The van der Waals surface area contributed by atoms with Gasteiger partial charge in [0, 0.05) is 32.7 Å². The molecule has 1 saturated heterocycles. The Morgan fingerprint density at radius 3 is 2.37 bits per heavy atom. The highest BCUT2D eigenvalue weighted by atomic mass is 19.1. The van der Waals surface area contributed by atoms with Gasteiger partial charge in [-0.1, -0.05) is 24.3 Å². The molecule has 1 atom stereocenters. The number of aliphatic hydroxyl groups is 1. The van der Waals surface area contributed by atoms with Crippen molar-refractivity contribution in [3.63, 3.8) is 0 Å². The number of ether oxygens (including phenoxy) is 1. The molecule has 0 saturated carbocycles. The number of hydrogen-bond acceptors (Lipinski definition) is 4. The topological polar surface area (TPSA) is 35.9 Å². The largest absolute Gasteiger partial charge is 0.490 e. The van der Waals surface area contributed by atoms with Crippen LogP contribution in [0.15, 0.2) is 36.4 Å². The van der Waals surface area contributed by atoms with Gasteiger partial charge in [-0.3, -0.25) is 4.90 Å². The molecule has 1 N–H and O–H groups in total. The van der Waals surface area contributed by atoms with Gasteiger partial charge in [0.2, 0.25) is 0 Å². The number of benzene rings is 2. The summed E-state index contributed by atoms with van der Waals surface area (Å²) in [4.78, 5) is 4.27. The number of halogens is 1. The van der Waals surface area contributed by atoms with Gasteiger partial charge < -0.3 is 14.7 Å². The summed E-state index contributed by atoms with van der Waals surface area (Å²) in [6.45, 7) is 10.1. The molecule has 1 unspecified atom stereocenters. The number of para-hydroxylation sites is 1. The Labute approximate surface area is 161 Å². The van der Waals surface area contributed by atoms with E-state index >= 15 is 0 Å². The maximum atomic E-state index is 13.9. The van der Waals surface area contributed by atoms with Crippen LogP contribution >= 0.6 is 0 Å². The van der Waals surface area contributed by atoms with Gasteiger partial charge in [-0.15, -0.1) is 0 Å². The summed E-state index contributed by atoms with van der Waals surface area (Å²) in [5.74, 6) is 0.696. The fraction of sp³-hybridized carbons (Fsp3) is 0.455. The third-order valence-corrected chi connectivity index (χ3v) is 5.33. The van der Waals surface area contributed by atoms with E-state index in [1.54, 1.807) is 6.07 Å². The molecule has 0 bridgehead atoms. The summed E-state index contributed by atoms with van der Waals surface area (Å²) in [7, 11) is 0. The molecule has 1 fully saturated rings. The number of rotatable bonds is 6. The van der Waals surface area contributed by atoms with Crippen LogP contribution in [0.1, 0.15) is 16.7 Å². The minimum atomic E-state index is -0.552. The van der Waals surface area contributed by atoms with E-state index in [0.29, 0.717) is 12.2 Å². The molecular weight excluding hydrogens is 343 g/mol. The summed E-state index contributed by atoms with van der Waals surface area (Å²) in [6.07, 6.45) is -0.552. The van der Waals surface area contributed by atoms with Crippen molar-refractivity contribution in [2.24, 2.45) is 0 Å². The van der Waals surface area contributed by atoms with Gasteiger partial charge in [-0.2, -0.15) is 0 Å². The predicted molar refractivity (Wildman–Crippen MR) is 107 cm³/mol. The normalized spacial score (nSPS) is 16.4. The maximum Gasteiger partial charge on any atom is 0.146 e. The van der Waals surface area contributed by atoms with Gasteiger partial charge in [0.25, 0.3) is 0 Å². The van der Waals surface area contributed by atoms with Crippen molar-refractivity contribution >= 4 is 5.69 Å². The molecule has 0 aromatic heterocycles. The van der Waals surface area contributed by atoms with Crippen molar-refractivity contribution in [3.05, 3.63) is 58.9 Å². The summed E-state index contributed by atoms with van der Waals surface area (Å²) in [5.41, 5.74) is 4.06. The highest BCUT2D eigenvalue weighted by Gasteiger charge is 2.21. The second-order valence-corrected chi connectivity index (χ2v) is 7.36. The molecule has 3 rings (SSSR count). The van der Waals surface area contributed by atoms with Crippen molar-refractivity contribution in [3.8, 4) is 5.75 Å². The van der Waals surface area contributed by atoms with E-state index in [0.717, 1.165) is 43.1 Å². The van der Waals surface area contributed by atoms with Crippen LogP contribution in [0.4, 0.5) is 10.1 Å². The number of piperazine rings is 1. The summed E-state index contributed by atoms with van der Waals surface area (Å²) in [6, 6.07) is 11.0. The minimum absolute atomic E-state index is 0.178. The van der Waals surface area contributed by atoms with Crippen LogP contribution in [0.25, 0.3) is 0 Å². The van der Waals surface area contributed by atoms with Crippen LogP contribution in [-0.2, 0) is 0 Å². The average Bonchev–Trinajstić information content (AvgIpc) is 2.66. The predicted octanol–water partition coefficient (Wildman–Crippen LogP) is 3.31. The first-order chi connectivity index (χ1) is 13.0. The summed E-state index contributed by atoms with van der Waals surface area (Å²) < 4.78 is 19.8. The van der Waals surface area contributed by atoms with E-state index in [2.05, 4.69) is 22.8 Å². The second kappa shape index (κ2) is 8.72. The Kier molecular flexibility index (Phi) is 6.34. The van der Waals surface area contributed by atoms with E-state index in [1.807, 2.05) is 32.0 Å². The standard InChI is InChI=1S/C22H29FN2O2/c1-16-8-9-17(2)22(18(16)3)27-15-19(26)14-24-10-12-25(13-11-24)21-7-5-4-6-20(21)23/h4-9,19,26H,10-15H2,1-3H3. The molecule has 0 radical (unpaired) electrons. The lowest BCUT2D eigenvalue weighted by atomic mass is 10.1. The first kappa shape index (κ1) is 19.6. The maximum absolute atomic E-state index is 13.9. The first-order valence-corrected chi connectivity index (χ1v) is 9.55. The Hall–Kier alpha value is -2.11. The molecule has 27 heavy (non-hydrogen) atoms. The minimum Gasteiger partial charge on any atom is -0.490 e. The van der Waals surface area contributed by atoms with Gasteiger partial charge >= 0.3 is 0 Å². The van der Waals surface area contributed by atoms with Crippen molar-refractivity contribution in [1.29, 1.82) is 0 Å². The average molecular weight is 372 g/mol. The first-order valence-electron chi connectivity index (χ1n) is 9.55. The molecule has 146 valence electrons. The van der Waals surface area contributed by atoms with Crippen LogP contribution in [0.5, 0.6) is 5.75 Å². The molecule has 1 heterocycles. The summed E-state index contributed by atoms with van der Waals surface area (Å²) in [5, 5.41) is 10.4. The third kappa shape index (κ3) is 4.79. The van der Waals surface area contributed by atoms with Crippen molar-refractivity contribution in [1.82, 2.24) is 4.90 Å². The van der Waals surface area contributed by atoms with Gasteiger partial charge in [0.15, 0.2) is 0 Å². The van der Waals surface area contributed by atoms with Crippen LogP contribution in [0.3, 0.4) is 0 Å². The monoisotopic (exact) mass is 372 g/mol. The van der Waals surface area contributed by atoms with E-state index in [1.165, 1.54) is 11.6 Å². The number of aryl methyl sites for hydroxylation is 2. The zero-order valence-electron chi connectivity index (χ0n) is 16.4. The van der Waals surface area contributed by atoms with Crippen LogP contribution < -0.4 is 9.64 Å². The highest BCUT2D eigenvalue weighted by Crippen LogP contribution is 2.26. The zero-order valence-corrected chi connectivity index (χ0v) is 16.4. The molecule has 1 aliphatic rings. The van der Waals surface area contributed by atoms with E-state index in [9.17, 15) is 9.50 Å². The number of β-amino-alcohol motifs (C(OH)–C–C–N with tert-alkyl or cyclic N) is 1. The third-order valence-electron chi connectivity index (χ3n) is 5.33. The van der Waals surface area contributed by atoms with Crippen LogP contribution in [0.2, 0.25) is 0 Å². The smallest absolute Gasteiger partial charge is 0.146 e. The van der Waals surface area contributed by atoms with Crippen molar-refractivity contribution in [2.45, 2.75) is 26.9 Å². The van der Waals surface area contributed by atoms with Crippen LogP contribution in [0, 0.1) is 26.6 Å². The molecule has 2 aromatic rings. The molecule has 0 aliphatic carbocycles. The van der Waals surface area contributed by atoms with Gasteiger partial charge in [0.05, 0.1) is 5.69 Å². The quantitative estimate of drug-likeness (QED) is 0.844. The van der Waals surface area contributed by atoms with Gasteiger partial charge in [-0.05, 0) is 49.6 Å². The van der Waals surface area contributed by atoms with Crippen molar-refractivity contribution in [2.75, 3.05) is 44.2 Å². The molecule has 0 amide bonds. The van der Waals surface area contributed by atoms with Crippen molar-refractivity contribution < 1.29 is 14.2 Å². The number of nitrogens with zero attached hydrogens (tertiary/aromatic N) is 2. The molecular formula is C22H29FN2O2. The Morgan fingerprint density at radius 1 is 1.00 bits per heavy atom. The molecule has 4 nitrogen and oxygen atoms in total. The van der Waals surface area contributed by atoms with E-state index in [-0.39, 0.29) is 12.4 Å². The Balaban J connectivity index is 1.48. The zero-order chi connectivity index (χ0) is 19.4. The van der Waals surface area contributed by atoms with Crippen LogP contribution in [-0.4, -0.2) is 55.4 Å². The summed E-state index contributed by atoms with van der Waals surface area (Å²) >= 11 is 0. The fourth-order valence-corrected chi connectivity index (χ4v) is 3.56. The SMILES string of the molecule is Cc1ccc(C)c(OCC(O)CN2CCN(c3ccccc3F)CC2)c1C. The lowest BCUT2D eigenvalue weighted by Gasteiger charge is -2.37. The number of hydrogen-bond donors (Lipinski definition) is 1. The van der Waals surface area contributed by atoms with Gasteiger partial charge in [-0.25, -0.2) is 4.39 Å². The lowest BCUT2D eigenvalue weighted by Crippen LogP contribution is -2.49. The Bertz CT molecular complexity index is 773. The Morgan fingerprint density at radius 2 is 1.67 bits per heavy atom. The van der Waals surface area contributed by atoms with E-state index in [4.69, 9.17) is 4.74 Å². The molecule has 5 heteroatoms. The van der Waals surface area contributed by atoms with Gasteiger partial charge in [0.1, 0.15) is 24.3 Å². The lowest BCUT2D eigenvalue weighted by molar-refractivity contribution is 0.0658. The second-order valence-electron chi connectivity index (χ2n) is 7.36. The number of anilines is 1.